The molecule has 1 aliphatic heterocycles. The highest BCUT2D eigenvalue weighted by molar-refractivity contribution is 6.04. The van der Waals surface area contributed by atoms with Crippen molar-refractivity contribution < 1.29 is 18.7 Å². The van der Waals surface area contributed by atoms with Gasteiger partial charge in [0.05, 0.1) is 12.5 Å². The first kappa shape index (κ1) is 18.1. The molecular formula is C20H21FN2O3. The lowest BCUT2D eigenvalue weighted by molar-refractivity contribution is -0.123. The van der Waals surface area contributed by atoms with Crippen LogP contribution in [0.3, 0.4) is 0 Å². The summed E-state index contributed by atoms with van der Waals surface area (Å²) in [7, 11) is 0. The molecule has 0 saturated carbocycles. The minimum Gasteiger partial charge on any atom is -0.378 e. The van der Waals surface area contributed by atoms with Gasteiger partial charge in [0.25, 0.3) is 5.91 Å². The highest BCUT2D eigenvalue weighted by atomic mass is 19.1. The number of anilines is 1. The molecule has 0 bridgehead atoms. The lowest BCUT2D eigenvalue weighted by Crippen LogP contribution is -2.26. The fourth-order valence-corrected chi connectivity index (χ4v) is 2.88. The summed E-state index contributed by atoms with van der Waals surface area (Å²) in [4.78, 5) is 24.1. The Bertz CT molecular complexity index is 788. The number of carbonyl (C=O) groups is 2. The van der Waals surface area contributed by atoms with Gasteiger partial charge in [-0.15, -0.1) is 0 Å². The van der Waals surface area contributed by atoms with Gasteiger partial charge in [0, 0.05) is 24.4 Å². The second-order valence-corrected chi connectivity index (χ2v) is 6.28. The van der Waals surface area contributed by atoms with Crippen LogP contribution in [-0.4, -0.2) is 24.5 Å². The van der Waals surface area contributed by atoms with E-state index in [0.29, 0.717) is 18.7 Å². The maximum atomic E-state index is 13.2. The van der Waals surface area contributed by atoms with Crippen LogP contribution in [0.15, 0.2) is 48.5 Å². The van der Waals surface area contributed by atoms with E-state index in [0.717, 1.165) is 25.0 Å². The third-order valence-electron chi connectivity index (χ3n) is 4.20. The van der Waals surface area contributed by atoms with Crippen molar-refractivity contribution in [2.24, 2.45) is 0 Å². The SMILES string of the molecule is O=C(CC1CCCO1)NCc1cccc(NC(=O)c2cccc(F)c2)c1. The Morgan fingerprint density at radius 2 is 2.00 bits per heavy atom. The molecule has 2 N–H and O–H groups in total. The van der Waals surface area contributed by atoms with E-state index < -0.39 is 5.82 Å². The summed E-state index contributed by atoms with van der Waals surface area (Å²) in [5, 5.41) is 5.60. The first-order valence-electron chi connectivity index (χ1n) is 8.64. The van der Waals surface area contributed by atoms with Crippen LogP contribution in [0.4, 0.5) is 10.1 Å². The Morgan fingerprint density at radius 3 is 2.77 bits per heavy atom. The topological polar surface area (TPSA) is 67.4 Å². The zero-order valence-electron chi connectivity index (χ0n) is 14.3. The molecule has 0 aromatic heterocycles. The molecule has 1 unspecified atom stereocenters. The Kier molecular flexibility index (Phi) is 5.96. The number of halogens is 1. The lowest BCUT2D eigenvalue weighted by atomic mass is 10.1. The second kappa shape index (κ2) is 8.58. The average molecular weight is 356 g/mol. The second-order valence-electron chi connectivity index (χ2n) is 6.28. The van der Waals surface area contributed by atoms with Gasteiger partial charge in [-0.25, -0.2) is 4.39 Å². The molecule has 136 valence electrons. The molecule has 1 aliphatic rings. The summed E-state index contributed by atoms with van der Waals surface area (Å²) in [5.74, 6) is -0.893. The molecule has 3 rings (SSSR count). The van der Waals surface area contributed by atoms with Gasteiger partial charge in [0.15, 0.2) is 0 Å². The Labute approximate surface area is 151 Å². The van der Waals surface area contributed by atoms with Gasteiger partial charge in [0.1, 0.15) is 5.82 Å². The number of hydrogen-bond acceptors (Lipinski definition) is 3. The highest BCUT2D eigenvalue weighted by Crippen LogP contribution is 2.16. The molecule has 26 heavy (non-hydrogen) atoms. The van der Waals surface area contributed by atoms with Crippen LogP contribution >= 0.6 is 0 Å². The number of carbonyl (C=O) groups excluding carboxylic acids is 2. The molecule has 1 atom stereocenters. The largest absolute Gasteiger partial charge is 0.378 e. The van der Waals surface area contributed by atoms with E-state index in [-0.39, 0.29) is 23.5 Å². The van der Waals surface area contributed by atoms with Crippen LogP contribution in [0.1, 0.15) is 35.2 Å². The predicted molar refractivity (Wildman–Crippen MR) is 96.2 cm³/mol. The van der Waals surface area contributed by atoms with Crippen LogP contribution in [0, 0.1) is 5.82 Å². The number of ether oxygens (including phenoxy) is 1. The molecule has 1 fully saturated rings. The number of benzene rings is 2. The Hall–Kier alpha value is -2.73. The van der Waals surface area contributed by atoms with Crippen molar-refractivity contribution in [3.8, 4) is 0 Å². The number of amides is 2. The molecule has 2 aromatic rings. The minimum absolute atomic E-state index is 0.0203. The molecule has 0 aliphatic carbocycles. The van der Waals surface area contributed by atoms with Crippen LogP contribution < -0.4 is 10.6 Å². The van der Waals surface area contributed by atoms with Gasteiger partial charge < -0.3 is 15.4 Å². The lowest BCUT2D eigenvalue weighted by Gasteiger charge is -2.11. The molecule has 1 saturated heterocycles. The Balaban J connectivity index is 1.54. The van der Waals surface area contributed by atoms with E-state index in [9.17, 15) is 14.0 Å². The fourth-order valence-electron chi connectivity index (χ4n) is 2.88. The predicted octanol–water partition coefficient (Wildman–Crippen LogP) is 3.26. The summed E-state index contributed by atoms with van der Waals surface area (Å²) in [6, 6.07) is 12.7. The first-order chi connectivity index (χ1) is 12.6. The molecular weight excluding hydrogens is 335 g/mol. The van der Waals surface area contributed by atoms with Crippen LogP contribution in [0.5, 0.6) is 0 Å². The monoisotopic (exact) mass is 356 g/mol. The number of rotatable bonds is 6. The van der Waals surface area contributed by atoms with Crippen molar-refractivity contribution in [1.82, 2.24) is 5.32 Å². The summed E-state index contributed by atoms with van der Waals surface area (Å²) in [6.07, 6.45) is 2.32. The quantitative estimate of drug-likeness (QED) is 0.835. The standard InChI is InChI=1S/C20H21FN2O3/c21-16-6-2-5-15(11-16)20(25)23-17-7-1-4-14(10-17)13-22-19(24)12-18-8-3-9-26-18/h1-2,4-7,10-11,18H,3,8-9,12-13H2,(H,22,24)(H,23,25). The van der Waals surface area contributed by atoms with E-state index in [1.807, 2.05) is 6.07 Å². The molecule has 1 heterocycles. The van der Waals surface area contributed by atoms with E-state index in [4.69, 9.17) is 4.74 Å². The zero-order chi connectivity index (χ0) is 18.4. The number of hydrogen-bond donors (Lipinski definition) is 2. The van der Waals surface area contributed by atoms with Crippen LogP contribution in [-0.2, 0) is 16.1 Å². The summed E-state index contributed by atoms with van der Waals surface area (Å²) in [5.41, 5.74) is 1.70. The highest BCUT2D eigenvalue weighted by Gasteiger charge is 2.18. The average Bonchev–Trinajstić information content (AvgIpc) is 3.13. The van der Waals surface area contributed by atoms with Gasteiger partial charge in [0.2, 0.25) is 5.91 Å². The first-order valence-corrected chi connectivity index (χ1v) is 8.64. The molecule has 0 radical (unpaired) electrons. The van der Waals surface area contributed by atoms with Gasteiger partial charge in [-0.1, -0.05) is 18.2 Å². The van der Waals surface area contributed by atoms with Gasteiger partial charge in [-0.05, 0) is 48.7 Å². The minimum atomic E-state index is -0.458. The molecule has 2 aromatic carbocycles. The van der Waals surface area contributed by atoms with Crippen LogP contribution in [0.2, 0.25) is 0 Å². The van der Waals surface area contributed by atoms with E-state index >= 15 is 0 Å². The summed E-state index contributed by atoms with van der Waals surface area (Å²) < 4.78 is 18.7. The maximum absolute atomic E-state index is 13.2. The van der Waals surface area contributed by atoms with Crippen molar-refractivity contribution >= 4 is 17.5 Å². The van der Waals surface area contributed by atoms with E-state index in [1.54, 1.807) is 24.3 Å². The van der Waals surface area contributed by atoms with Gasteiger partial charge >= 0.3 is 0 Å². The number of nitrogens with one attached hydrogen (secondary N) is 2. The fraction of sp³-hybridized carbons (Fsp3) is 0.300. The molecule has 0 spiro atoms. The zero-order valence-corrected chi connectivity index (χ0v) is 14.3. The smallest absolute Gasteiger partial charge is 0.255 e. The van der Waals surface area contributed by atoms with Gasteiger partial charge in [-0.2, -0.15) is 0 Å². The third-order valence-corrected chi connectivity index (χ3v) is 4.20. The van der Waals surface area contributed by atoms with E-state index in [1.165, 1.54) is 18.2 Å². The van der Waals surface area contributed by atoms with Crippen molar-refractivity contribution in [3.05, 3.63) is 65.5 Å². The molecule has 5 nitrogen and oxygen atoms in total. The van der Waals surface area contributed by atoms with Crippen molar-refractivity contribution in [2.45, 2.75) is 31.9 Å². The molecule has 2 amide bonds. The molecule has 6 heteroatoms. The summed E-state index contributed by atoms with van der Waals surface area (Å²) in [6.45, 7) is 1.10. The Morgan fingerprint density at radius 1 is 1.15 bits per heavy atom. The van der Waals surface area contributed by atoms with Crippen molar-refractivity contribution in [1.29, 1.82) is 0 Å². The third kappa shape index (κ3) is 5.13. The van der Waals surface area contributed by atoms with Gasteiger partial charge in [-0.3, -0.25) is 9.59 Å². The maximum Gasteiger partial charge on any atom is 0.255 e. The van der Waals surface area contributed by atoms with Crippen molar-refractivity contribution in [3.63, 3.8) is 0 Å². The van der Waals surface area contributed by atoms with E-state index in [2.05, 4.69) is 10.6 Å². The normalized spacial score (nSPS) is 16.3. The summed E-state index contributed by atoms with van der Waals surface area (Å²) >= 11 is 0. The van der Waals surface area contributed by atoms with Crippen LogP contribution in [0.25, 0.3) is 0 Å². The van der Waals surface area contributed by atoms with Crippen molar-refractivity contribution in [2.75, 3.05) is 11.9 Å².